The minimum absolute atomic E-state index is 0.161. The minimum Gasteiger partial charge on any atom is -0.493 e. The van der Waals surface area contributed by atoms with Crippen LogP contribution in [-0.4, -0.2) is 43.7 Å². The first-order valence-electron chi connectivity index (χ1n) is 8.77. The van der Waals surface area contributed by atoms with Crippen LogP contribution in [0.3, 0.4) is 0 Å². The molecule has 1 saturated heterocycles. The van der Waals surface area contributed by atoms with Crippen molar-refractivity contribution in [1.82, 2.24) is 4.90 Å². The normalized spacial score (nSPS) is 18.9. The summed E-state index contributed by atoms with van der Waals surface area (Å²) in [6, 6.07) is 11.6. The third kappa shape index (κ3) is 3.76. The summed E-state index contributed by atoms with van der Waals surface area (Å²) in [5.74, 6) is 0.547. The molecule has 0 N–H and O–H groups in total. The quantitative estimate of drug-likeness (QED) is 0.817. The van der Waals surface area contributed by atoms with E-state index in [1.54, 1.807) is 48.4 Å². The standard InChI is InChI=1S/C21H24FNO4/c1-21(2)13-27-19(15-7-5-6-8-16(15)22)12-23(21)20(24)14-9-10-17(25-3)18(11-14)26-4/h5-11,19H,12-13H2,1-4H3. The Morgan fingerprint density at radius 2 is 1.85 bits per heavy atom. The molecule has 2 aromatic rings. The Bertz CT molecular complexity index is 837. The highest BCUT2D eigenvalue weighted by atomic mass is 19.1. The molecule has 1 aliphatic rings. The fourth-order valence-electron chi connectivity index (χ4n) is 3.26. The highest BCUT2D eigenvalue weighted by Gasteiger charge is 2.39. The van der Waals surface area contributed by atoms with Gasteiger partial charge in [-0.25, -0.2) is 4.39 Å². The van der Waals surface area contributed by atoms with E-state index in [4.69, 9.17) is 14.2 Å². The number of hydrogen-bond donors (Lipinski definition) is 0. The zero-order chi connectivity index (χ0) is 19.6. The van der Waals surface area contributed by atoms with Gasteiger partial charge in [0.15, 0.2) is 11.5 Å². The van der Waals surface area contributed by atoms with Crippen molar-refractivity contribution in [2.24, 2.45) is 0 Å². The monoisotopic (exact) mass is 373 g/mol. The van der Waals surface area contributed by atoms with Crippen molar-refractivity contribution in [2.75, 3.05) is 27.4 Å². The molecule has 1 heterocycles. The largest absolute Gasteiger partial charge is 0.493 e. The lowest BCUT2D eigenvalue weighted by molar-refractivity contribution is -0.0857. The zero-order valence-corrected chi connectivity index (χ0v) is 16.0. The molecule has 1 atom stereocenters. The van der Waals surface area contributed by atoms with Gasteiger partial charge in [0.1, 0.15) is 11.9 Å². The van der Waals surface area contributed by atoms with E-state index in [-0.39, 0.29) is 18.3 Å². The molecule has 3 rings (SSSR count). The predicted molar refractivity (Wildman–Crippen MR) is 99.8 cm³/mol. The Kier molecular flexibility index (Phi) is 5.37. The fraction of sp³-hybridized carbons (Fsp3) is 0.381. The van der Waals surface area contributed by atoms with E-state index in [2.05, 4.69) is 0 Å². The first-order chi connectivity index (χ1) is 12.9. The number of halogens is 1. The van der Waals surface area contributed by atoms with E-state index in [1.165, 1.54) is 13.2 Å². The van der Waals surface area contributed by atoms with E-state index in [0.717, 1.165) is 0 Å². The molecule has 2 aromatic carbocycles. The highest BCUT2D eigenvalue weighted by molar-refractivity contribution is 5.95. The second-order valence-electron chi connectivity index (χ2n) is 7.12. The van der Waals surface area contributed by atoms with Gasteiger partial charge in [-0.15, -0.1) is 0 Å². The number of morpholine rings is 1. The van der Waals surface area contributed by atoms with E-state index < -0.39 is 11.6 Å². The average Bonchev–Trinajstić information content (AvgIpc) is 2.67. The molecule has 5 nitrogen and oxygen atoms in total. The van der Waals surface area contributed by atoms with Gasteiger partial charge in [-0.3, -0.25) is 4.79 Å². The van der Waals surface area contributed by atoms with E-state index in [1.807, 2.05) is 13.8 Å². The molecule has 0 aliphatic carbocycles. The molecule has 27 heavy (non-hydrogen) atoms. The van der Waals surface area contributed by atoms with Crippen molar-refractivity contribution in [3.8, 4) is 11.5 Å². The lowest BCUT2D eigenvalue weighted by atomic mass is 9.96. The molecule has 0 aromatic heterocycles. The number of hydrogen-bond acceptors (Lipinski definition) is 4. The molecule has 0 radical (unpaired) electrons. The van der Waals surface area contributed by atoms with Crippen LogP contribution >= 0.6 is 0 Å². The lowest BCUT2D eigenvalue weighted by Crippen LogP contribution is -2.56. The van der Waals surface area contributed by atoms with Crippen molar-refractivity contribution in [3.05, 3.63) is 59.4 Å². The van der Waals surface area contributed by atoms with E-state index in [9.17, 15) is 9.18 Å². The van der Waals surface area contributed by atoms with Crippen LogP contribution in [0.2, 0.25) is 0 Å². The second-order valence-corrected chi connectivity index (χ2v) is 7.12. The van der Waals surface area contributed by atoms with Gasteiger partial charge >= 0.3 is 0 Å². The van der Waals surface area contributed by atoms with E-state index >= 15 is 0 Å². The number of amides is 1. The van der Waals surface area contributed by atoms with Crippen LogP contribution in [0.15, 0.2) is 42.5 Å². The van der Waals surface area contributed by atoms with Crippen molar-refractivity contribution < 1.29 is 23.4 Å². The summed E-state index contributed by atoms with van der Waals surface area (Å²) in [4.78, 5) is 15.0. The Morgan fingerprint density at radius 1 is 1.15 bits per heavy atom. The number of ether oxygens (including phenoxy) is 3. The van der Waals surface area contributed by atoms with Gasteiger partial charge in [0.25, 0.3) is 5.91 Å². The highest BCUT2D eigenvalue weighted by Crippen LogP contribution is 2.34. The summed E-state index contributed by atoms with van der Waals surface area (Å²) in [5, 5.41) is 0. The first kappa shape index (κ1) is 19.2. The number of carbonyl (C=O) groups is 1. The zero-order valence-electron chi connectivity index (χ0n) is 16.0. The summed E-state index contributed by atoms with van der Waals surface area (Å²) in [5.41, 5.74) is 0.416. The number of rotatable bonds is 4. The second kappa shape index (κ2) is 7.56. The summed E-state index contributed by atoms with van der Waals surface area (Å²) in [7, 11) is 3.07. The molecule has 6 heteroatoms. The van der Waals surface area contributed by atoms with Gasteiger partial charge in [-0.1, -0.05) is 18.2 Å². The first-order valence-corrected chi connectivity index (χ1v) is 8.77. The smallest absolute Gasteiger partial charge is 0.254 e. The maximum absolute atomic E-state index is 14.2. The number of methoxy groups -OCH3 is 2. The number of nitrogens with zero attached hydrogens (tertiary/aromatic N) is 1. The Balaban J connectivity index is 1.90. The molecular weight excluding hydrogens is 349 g/mol. The maximum Gasteiger partial charge on any atom is 0.254 e. The van der Waals surface area contributed by atoms with Crippen molar-refractivity contribution >= 4 is 5.91 Å². The molecule has 1 aliphatic heterocycles. The molecule has 0 bridgehead atoms. The van der Waals surface area contributed by atoms with Crippen molar-refractivity contribution in [2.45, 2.75) is 25.5 Å². The topological polar surface area (TPSA) is 48.0 Å². The molecule has 1 unspecified atom stereocenters. The van der Waals surface area contributed by atoms with Gasteiger partial charge in [0.2, 0.25) is 0 Å². The van der Waals surface area contributed by atoms with Crippen LogP contribution in [0.25, 0.3) is 0 Å². The van der Waals surface area contributed by atoms with Gasteiger partial charge in [0.05, 0.1) is 32.9 Å². The van der Waals surface area contributed by atoms with Crippen molar-refractivity contribution in [3.63, 3.8) is 0 Å². The van der Waals surface area contributed by atoms with Crippen molar-refractivity contribution in [1.29, 1.82) is 0 Å². The van der Waals surface area contributed by atoms with Gasteiger partial charge in [-0.05, 0) is 38.1 Å². The van der Waals surface area contributed by atoms with Crippen LogP contribution in [-0.2, 0) is 4.74 Å². The lowest BCUT2D eigenvalue weighted by Gasteiger charge is -2.45. The third-order valence-electron chi connectivity index (χ3n) is 4.84. The van der Waals surface area contributed by atoms with Gasteiger partial charge in [-0.2, -0.15) is 0 Å². The summed E-state index contributed by atoms with van der Waals surface area (Å²) in [6.07, 6.45) is -0.511. The molecule has 0 spiro atoms. The molecule has 1 fully saturated rings. The summed E-state index contributed by atoms with van der Waals surface area (Å²) in [6.45, 7) is 4.44. The Morgan fingerprint density at radius 3 is 2.52 bits per heavy atom. The fourth-order valence-corrected chi connectivity index (χ4v) is 3.26. The minimum atomic E-state index is -0.522. The van der Waals surface area contributed by atoms with E-state index in [0.29, 0.717) is 29.2 Å². The number of benzene rings is 2. The number of carbonyl (C=O) groups excluding carboxylic acids is 1. The molecule has 1 amide bonds. The van der Waals surface area contributed by atoms with Gasteiger partial charge < -0.3 is 19.1 Å². The third-order valence-corrected chi connectivity index (χ3v) is 4.84. The maximum atomic E-state index is 14.2. The average molecular weight is 373 g/mol. The molecular formula is C21H24FNO4. The Hall–Kier alpha value is -2.60. The SMILES string of the molecule is COc1ccc(C(=O)N2CC(c3ccccc3F)OCC2(C)C)cc1OC. The van der Waals surface area contributed by atoms with Crippen LogP contribution in [0.4, 0.5) is 4.39 Å². The van der Waals surface area contributed by atoms with Crippen LogP contribution in [0, 0.1) is 5.82 Å². The van der Waals surface area contributed by atoms with Crippen LogP contribution in [0.5, 0.6) is 11.5 Å². The van der Waals surface area contributed by atoms with Crippen LogP contribution < -0.4 is 9.47 Å². The molecule has 144 valence electrons. The molecule has 0 saturated carbocycles. The van der Waals surface area contributed by atoms with Crippen LogP contribution in [0.1, 0.15) is 35.9 Å². The van der Waals surface area contributed by atoms with Gasteiger partial charge in [0, 0.05) is 11.1 Å². The summed E-state index contributed by atoms with van der Waals surface area (Å²) >= 11 is 0. The Labute approximate surface area is 158 Å². The summed E-state index contributed by atoms with van der Waals surface area (Å²) < 4.78 is 30.6. The predicted octanol–water partition coefficient (Wildman–Crippen LogP) is 3.84.